The first-order valence-corrected chi connectivity index (χ1v) is 8.30. The highest BCUT2D eigenvalue weighted by atomic mass is 16.5. The summed E-state index contributed by atoms with van der Waals surface area (Å²) in [7, 11) is 0. The standard InChI is InChI=1S/C17H29N3O/c1-6-9-20-15(14(18)11(2)19-20)21-13-10-12-7-8-17(13,5)16(12,3)4/h12-13H,6-10,18H2,1-5H3. The van der Waals surface area contributed by atoms with Gasteiger partial charge in [-0.3, -0.25) is 0 Å². The van der Waals surface area contributed by atoms with Crippen molar-refractivity contribution in [3.8, 4) is 5.88 Å². The third-order valence-corrected chi connectivity index (χ3v) is 6.53. The molecular formula is C17H29N3O. The number of hydrogen-bond donors (Lipinski definition) is 1. The number of ether oxygens (including phenoxy) is 1. The Bertz CT molecular complexity index is 548. The maximum Gasteiger partial charge on any atom is 0.236 e. The van der Waals surface area contributed by atoms with Crippen LogP contribution in [-0.2, 0) is 6.54 Å². The first-order chi connectivity index (χ1) is 9.81. The number of nitrogens with two attached hydrogens (primary N) is 1. The molecule has 0 aliphatic heterocycles. The lowest BCUT2D eigenvalue weighted by Crippen LogP contribution is -2.39. The summed E-state index contributed by atoms with van der Waals surface area (Å²) in [6, 6.07) is 0. The van der Waals surface area contributed by atoms with Crippen LogP contribution in [0.5, 0.6) is 5.88 Å². The van der Waals surface area contributed by atoms with Crippen LogP contribution in [0.1, 0.15) is 59.1 Å². The first-order valence-electron chi connectivity index (χ1n) is 8.30. The molecule has 0 spiro atoms. The zero-order valence-corrected chi connectivity index (χ0v) is 14.1. The van der Waals surface area contributed by atoms with E-state index in [0.29, 0.717) is 11.1 Å². The van der Waals surface area contributed by atoms with Gasteiger partial charge in [-0.05, 0) is 43.9 Å². The summed E-state index contributed by atoms with van der Waals surface area (Å²) in [6.45, 7) is 12.2. The number of aromatic nitrogens is 2. The molecule has 1 aromatic heterocycles. The van der Waals surface area contributed by atoms with Crippen LogP contribution in [-0.4, -0.2) is 15.9 Å². The van der Waals surface area contributed by atoms with Gasteiger partial charge >= 0.3 is 0 Å². The molecule has 3 atom stereocenters. The van der Waals surface area contributed by atoms with Crippen molar-refractivity contribution in [1.29, 1.82) is 0 Å². The van der Waals surface area contributed by atoms with E-state index in [9.17, 15) is 0 Å². The van der Waals surface area contributed by atoms with E-state index in [0.717, 1.165) is 36.9 Å². The van der Waals surface area contributed by atoms with Gasteiger partial charge in [0.15, 0.2) is 0 Å². The van der Waals surface area contributed by atoms with Crippen molar-refractivity contribution in [1.82, 2.24) is 9.78 Å². The summed E-state index contributed by atoms with van der Waals surface area (Å²) >= 11 is 0. The molecule has 0 radical (unpaired) electrons. The van der Waals surface area contributed by atoms with E-state index in [1.807, 2.05) is 11.6 Å². The molecule has 3 unspecified atom stereocenters. The molecular weight excluding hydrogens is 262 g/mol. The number of rotatable bonds is 4. The van der Waals surface area contributed by atoms with Crippen molar-refractivity contribution < 1.29 is 4.74 Å². The van der Waals surface area contributed by atoms with Crippen molar-refractivity contribution in [3.63, 3.8) is 0 Å². The SMILES string of the molecule is CCCn1nc(C)c(N)c1OC1CC2CCC1(C)C2(C)C. The Morgan fingerprint density at radius 3 is 2.62 bits per heavy atom. The average molecular weight is 291 g/mol. The number of nitrogens with zero attached hydrogens (tertiary/aromatic N) is 2. The van der Waals surface area contributed by atoms with Crippen LogP contribution in [0.15, 0.2) is 0 Å². The number of hydrogen-bond acceptors (Lipinski definition) is 3. The van der Waals surface area contributed by atoms with E-state index < -0.39 is 0 Å². The topological polar surface area (TPSA) is 53.1 Å². The first kappa shape index (κ1) is 14.7. The van der Waals surface area contributed by atoms with Gasteiger partial charge in [-0.2, -0.15) is 5.10 Å². The van der Waals surface area contributed by atoms with Gasteiger partial charge in [0.25, 0.3) is 0 Å². The lowest BCUT2D eigenvalue weighted by Gasteiger charge is -2.38. The van der Waals surface area contributed by atoms with E-state index in [4.69, 9.17) is 10.5 Å². The fourth-order valence-corrected chi connectivity index (χ4v) is 4.51. The fraction of sp³-hybridized carbons (Fsp3) is 0.824. The van der Waals surface area contributed by atoms with Crippen molar-refractivity contribution >= 4 is 5.69 Å². The van der Waals surface area contributed by atoms with Crippen LogP contribution in [0.2, 0.25) is 0 Å². The second kappa shape index (κ2) is 4.65. The number of aryl methyl sites for hydroxylation is 2. The van der Waals surface area contributed by atoms with Gasteiger partial charge in [0, 0.05) is 12.0 Å². The van der Waals surface area contributed by atoms with Gasteiger partial charge in [-0.15, -0.1) is 0 Å². The number of nitrogen functional groups attached to an aromatic ring is 1. The minimum absolute atomic E-state index is 0.249. The Balaban J connectivity index is 1.89. The summed E-state index contributed by atoms with van der Waals surface area (Å²) < 4.78 is 8.41. The molecule has 2 fully saturated rings. The molecule has 2 saturated carbocycles. The highest BCUT2D eigenvalue weighted by Crippen LogP contribution is 2.66. The second-order valence-electron chi connectivity index (χ2n) is 7.74. The third-order valence-electron chi connectivity index (χ3n) is 6.53. The molecule has 4 heteroatoms. The Morgan fingerprint density at radius 1 is 1.38 bits per heavy atom. The van der Waals surface area contributed by atoms with Crippen molar-refractivity contribution in [2.75, 3.05) is 5.73 Å². The van der Waals surface area contributed by atoms with E-state index in [1.165, 1.54) is 12.8 Å². The molecule has 0 amide bonds. The van der Waals surface area contributed by atoms with Crippen LogP contribution in [0.3, 0.4) is 0 Å². The van der Waals surface area contributed by atoms with E-state index in [2.05, 4.69) is 32.8 Å². The summed E-state index contributed by atoms with van der Waals surface area (Å²) in [5.74, 6) is 1.57. The highest BCUT2D eigenvalue weighted by Gasteiger charge is 2.62. The summed E-state index contributed by atoms with van der Waals surface area (Å²) in [6.07, 6.45) is 5.05. The van der Waals surface area contributed by atoms with Gasteiger partial charge in [0.2, 0.25) is 5.88 Å². The molecule has 21 heavy (non-hydrogen) atoms. The van der Waals surface area contributed by atoms with Crippen LogP contribution >= 0.6 is 0 Å². The zero-order valence-electron chi connectivity index (χ0n) is 14.1. The molecule has 2 aliphatic carbocycles. The minimum Gasteiger partial charge on any atom is -0.472 e. The predicted octanol–water partition coefficient (Wildman–Crippen LogP) is 3.78. The Kier molecular flexibility index (Phi) is 3.26. The average Bonchev–Trinajstić information content (AvgIpc) is 2.88. The Labute approximate surface area is 128 Å². The molecule has 2 N–H and O–H groups in total. The quantitative estimate of drug-likeness (QED) is 0.918. The van der Waals surface area contributed by atoms with Crippen LogP contribution < -0.4 is 10.5 Å². The number of fused-ring (bicyclic) bond motifs is 2. The maximum atomic E-state index is 6.46. The van der Waals surface area contributed by atoms with Gasteiger partial charge in [0.05, 0.1) is 5.69 Å². The summed E-state index contributed by atoms with van der Waals surface area (Å²) in [5.41, 5.74) is 8.42. The molecule has 1 heterocycles. The Hall–Kier alpha value is -1.19. The van der Waals surface area contributed by atoms with Crippen molar-refractivity contribution in [3.05, 3.63) is 5.69 Å². The van der Waals surface area contributed by atoms with E-state index in [-0.39, 0.29) is 11.5 Å². The Morgan fingerprint density at radius 2 is 2.10 bits per heavy atom. The van der Waals surface area contributed by atoms with Gasteiger partial charge < -0.3 is 10.5 Å². The van der Waals surface area contributed by atoms with Crippen LogP contribution in [0.25, 0.3) is 0 Å². The monoisotopic (exact) mass is 291 g/mol. The maximum absolute atomic E-state index is 6.46. The molecule has 1 aromatic rings. The molecule has 0 saturated heterocycles. The fourth-order valence-electron chi connectivity index (χ4n) is 4.51. The normalized spacial score (nSPS) is 33.6. The molecule has 2 aliphatic rings. The molecule has 118 valence electrons. The second-order valence-corrected chi connectivity index (χ2v) is 7.74. The van der Waals surface area contributed by atoms with Crippen molar-refractivity contribution in [2.45, 2.75) is 73.0 Å². The van der Waals surface area contributed by atoms with Gasteiger partial charge in [-0.25, -0.2) is 4.68 Å². The highest BCUT2D eigenvalue weighted by molar-refractivity contribution is 5.52. The summed E-state index contributed by atoms with van der Waals surface area (Å²) in [5, 5.41) is 4.53. The van der Waals surface area contributed by atoms with Crippen LogP contribution in [0, 0.1) is 23.7 Å². The van der Waals surface area contributed by atoms with E-state index >= 15 is 0 Å². The lowest BCUT2D eigenvalue weighted by atomic mass is 9.70. The number of anilines is 1. The van der Waals surface area contributed by atoms with Crippen LogP contribution in [0.4, 0.5) is 5.69 Å². The van der Waals surface area contributed by atoms with Gasteiger partial charge in [-0.1, -0.05) is 27.7 Å². The molecule has 0 aromatic carbocycles. The lowest BCUT2D eigenvalue weighted by molar-refractivity contribution is 0.0245. The van der Waals surface area contributed by atoms with Gasteiger partial charge in [0.1, 0.15) is 11.8 Å². The van der Waals surface area contributed by atoms with E-state index in [1.54, 1.807) is 0 Å². The smallest absolute Gasteiger partial charge is 0.236 e. The van der Waals surface area contributed by atoms with Crippen molar-refractivity contribution in [2.24, 2.45) is 16.7 Å². The minimum atomic E-state index is 0.249. The zero-order chi connectivity index (χ0) is 15.4. The molecule has 4 nitrogen and oxygen atoms in total. The third kappa shape index (κ3) is 1.91. The largest absolute Gasteiger partial charge is 0.472 e. The molecule has 3 rings (SSSR count). The summed E-state index contributed by atoms with van der Waals surface area (Å²) in [4.78, 5) is 0. The molecule has 2 bridgehead atoms. The predicted molar refractivity (Wildman–Crippen MR) is 85.3 cm³/mol.